The van der Waals surface area contributed by atoms with Gasteiger partial charge in [0.25, 0.3) is 0 Å². The van der Waals surface area contributed by atoms with Crippen LogP contribution in [0.15, 0.2) is 0 Å². The Kier molecular flexibility index (Phi) is 17.7. The first-order chi connectivity index (χ1) is 13.8. The van der Waals surface area contributed by atoms with E-state index in [4.69, 9.17) is 24.1 Å². The Bertz CT molecular complexity index is 493. The Labute approximate surface area is 182 Å². The van der Waals surface area contributed by atoms with Crippen LogP contribution in [0.3, 0.4) is 0 Å². The normalized spacial score (nSPS) is 29.9. The van der Waals surface area contributed by atoms with Crippen LogP contribution in [0.4, 0.5) is 0 Å². The summed E-state index contributed by atoms with van der Waals surface area (Å²) in [7, 11) is 0. The molecule has 0 aromatic rings. The molecule has 0 spiro atoms. The number of amides is 1. The van der Waals surface area contributed by atoms with Gasteiger partial charge in [-0.3, -0.25) is 4.79 Å². The molecule has 2 aliphatic heterocycles. The van der Waals surface area contributed by atoms with Crippen LogP contribution < -0.4 is 5.32 Å². The molecule has 2 rings (SSSR count). The number of aliphatic hydroxyl groups excluding tert-OH is 3. The summed E-state index contributed by atoms with van der Waals surface area (Å²) in [5.41, 5.74) is 0. The molecule has 0 bridgehead atoms. The first kappa shape index (κ1) is 31.8. The van der Waals surface area contributed by atoms with Crippen molar-refractivity contribution in [3.63, 3.8) is 0 Å². The van der Waals surface area contributed by atoms with Crippen molar-refractivity contribution in [1.82, 2.24) is 5.32 Å². The topological polar surface area (TPSA) is 207 Å². The van der Waals surface area contributed by atoms with E-state index in [9.17, 15) is 19.8 Å². The van der Waals surface area contributed by atoms with Gasteiger partial charge in [-0.15, -0.1) is 0 Å². The Morgan fingerprint density at radius 3 is 2.23 bits per heavy atom. The van der Waals surface area contributed by atoms with Crippen LogP contribution >= 0.6 is 0 Å². The number of nitrogens with one attached hydrogen (secondary N) is 1. The summed E-state index contributed by atoms with van der Waals surface area (Å²) >= 11 is 0. The SMILES string of the molecule is CC(=O)NC1COC(CO)C(O)C1.CCCOC(=O)C1CC(O)C(OCC)CO1.O.O. The number of rotatable bonds is 7. The van der Waals surface area contributed by atoms with Gasteiger partial charge in [-0.2, -0.15) is 0 Å². The molecule has 0 aliphatic carbocycles. The highest BCUT2D eigenvalue weighted by molar-refractivity contribution is 5.74. The van der Waals surface area contributed by atoms with Crippen molar-refractivity contribution in [3.8, 4) is 0 Å². The number of hydrogen-bond donors (Lipinski definition) is 4. The Morgan fingerprint density at radius 2 is 1.74 bits per heavy atom. The lowest BCUT2D eigenvalue weighted by atomic mass is 10.0. The average Bonchev–Trinajstić information content (AvgIpc) is 2.68. The standard InChI is InChI=1S/C11H20O5.C8H15NO4.2H2O/c1-3-5-15-11(13)9-6-8(12)10(7-16-9)14-4-2;1-5(11)9-6-2-7(12)8(3-10)13-4-6;;/h8-10,12H,3-7H2,1-2H3;6-8,10,12H,2-4H2,1H3,(H,9,11);2*1H2. The smallest absolute Gasteiger partial charge is 0.335 e. The molecule has 2 saturated heterocycles. The minimum absolute atomic E-state index is 0. The van der Waals surface area contributed by atoms with Gasteiger partial charge in [0.15, 0.2) is 6.10 Å². The number of hydrogen-bond acceptors (Lipinski definition) is 9. The van der Waals surface area contributed by atoms with Gasteiger partial charge in [0, 0.05) is 20.0 Å². The molecule has 12 heteroatoms. The second-order valence-electron chi connectivity index (χ2n) is 7.04. The molecule has 0 aromatic carbocycles. The van der Waals surface area contributed by atoms with Crippen LogP contribution in [0.25, 0.3) is 0 Å². The number of ether oxygens (including phenoxy) is 4. The fourth-order valence-corrected chi connectivity index (χ4v) is 3.02. The molecule has 1 amide bonds. The molecule has 6 unspecified atom stereocenters. The minimum Gasteiger partial charge on any atom is -0.464 e. The van der Waals surface area contributed by atoms with E-state index in [1.54, 1.807) is 0 Å². The van der Waals surface area contributed by atoms with Crippen LogP contribution in [0, 0.1) is 0 Å². The molecule has 8 N–H and O–H groups in total. The van der Waals surface area contributed by atoms with Crippen LogP contribution in [-0.2, 0) is 28.5 Å². The molecule has 0 radical (unpaired) electrons. The Balaban J connectivity index is 0. The third-order valence-electron chi connectivity index (χ3n) is 4.49. The molecule has 2 heterocycles. The van der Waals surface area contributed by atoms with Crippen molar-refractivity contribution in [2.24, 2.45) is 0 Å². The van der Waals surface area contributed by atoms with Crippen molar-refractivity contribution < 1.29 is 54.8 Å². The third kappa shape index (κ3) is 11.7. The first-order valence-corrected chi connectivity index (χ1v) is 10.1. The van der Waals surface area contributed by atoms with Gasteiger partial charge in [0.1, 0.15) is 12.2 Å². The summed E-state index contributed by atoms with van der Waals surface area (Å²) in [4.78, 5) is 22.1. The lowest BCUT2D eigenvalue weighted by molar-refractivity contribution is -0.180. The highest BCUT2D eigenvalue weighted by Crippen LogP contribution is 2.18. The number of carbonyl (C=O) groups excluding carboxylic acids is 2. The molecule has 186 valence electrons. The molecule has 0 aromatic heterocycles. The van der Waals surface area contributed by atoms with Crippen molar-refractivity contribution >= 4 is 11.9 Å². The summed E-state index contributed by atoms with van der Waals surface area (Å²) in [5, 5.41) is 30.6. The Hall–Kier alpha value is -1.38. The molecule has 6 atom stereocenters. The number of carbonyl (C=O) groups is 2. The van der Waals surface area contributed by atoms with Crippen LogP contribution in [0.5, 0.6) is 0 Å². The minimum atomic E-state index is -0.699. The molecule has 31 heavy (non-hydrogen) atoms. The summed E-state index contributed by atoms with van der Waals surface area (Å²) in [6.07, 6.45) is -1.40. The van der Waals surface area contributed by atoms with E-state index in [1.165, 1.54) is 6.92 Å². The molecule has 2 aliphatic rings. The van der Waals surface area contributed by atoms with Gasteiger partial charge >= 0.3 is 5.97 Å². The van der Waals surface area contributed by atoms with Gasteiger partial charge in [-0.1, -0.05) is 6.92 Å². The molecule has 2 fully saturated rings. The summed E-state index contributed by atoms with van der Waals surface area (Å²) in [5.74, 6) is -0.529. The maximum atomic E-state index is 11.5. The third-order valence-corrected chi connectivity index (χ3v) is 4.49. The zero-order valence-corrected chi connectivity index (χ0v) is 18.4. The van der Waals surface area contributed by atoms with E-state index in [1.807, 2.05) is 13.8 Å². The summed E-state index contributed by atoms with van der Waals surface area (Å²) in [6.45, 7) is 6.52. The second kappa shape index (κ2) is 17.2. The maximum Gasteiger partial charge on any atom is 0.335 e. The van der Waals surface area contributed by atoms with Crippen molar-refractivity contribution in [1.29, 1.82) is 0 Å². The lowest BCUT2D eigenvalue weighted by Gasteiger charge is -2.32. The molecule has 0 saturated carbocycles. The van der Waals surface area contributed by atoms with Gasteiger partial charge in [0.05, 0.1) is 44.7 Å². The summed E-state index contributed by atoms with van der Waals surface area (Å²) < 4.78 is 20.7. The van der Waals surface area contributed by atoms with Crippen molar-refractivity contribution in [2.45, 2.75) is 76.6 Å². The van der Waals surface area contributed by atoms with Gasteiger partial charge in [-0.05, 0) is 19.8 Å². The van der Waals surface area contributed by atoms with E-state index in [0.29, 0.717) is 26.2 Å². The molecular weight excluding hydrogens is 418 g/mol. The molecular formula is C19H39NO11. The Morgan fingerprint density at radius 1 is 1.06 bits per heavy atom. The highest BCUT2D eigenvalue weighted by Gasteiger charge is 2.35. The first-order valence-electron chi connectivity index (χ1n) is 10.1. The lowest BCUT2D eigenvalue weighted by Crippen LogP contribution is -2.49. The predicted molar refractivity (Wildman–Crippen MR) is 109 cm³/mol. The fraction of sp³-hybridized carbons (Fsp3) is 0.895. The van der Waals surface area contributed by atoms with Crippen LogP contribution in [0.1, 0.15) is 40.0 Å². The van der Waals surface area contributed by atoms with Crippen LogP contribution in [0.2, 0.25) is 0 Å². The largest absolute Gasteiger partial charge is 0.464 e. The average molecular weight is 458 g/mol. The fourth-order valence-electron chi connectivity index (χ4n) is 3.02. The van der Waals surface area contributed by atoms with Crippen molar-refractivity contribution in [3.05, 3.63) is 0 Å². The summed E-state index contributed by atoms with van der Waals surface area (Å²) in [6, 6.07) is -0.143. The maximum absolute atomic E-state index is 11.5. The van der Waals surface area contributed by atoms with Crippen molar-refractivity contribution in [2.75, 3.05) is 33.0 Å². The van der Waals surface area contributed by atoms with Gasteiger partial charge in [-0.25, -0.2) is 4.79 Å². The zero-order chi connectivity index (χ0) is 21.8. The second-order valence-corrected chi connectivity index (χ2v) is 7.04. The predicted octanol–water partition coefficient (Wildman–Crippen LogP) is -2.52. The quantitative estimate of drug-likeness (QED) is 0.297. The van der Waals surface area contributed by atoms with Crippen LogP contribution in [-0.4, -0.2) is 108 Å². The highest BCUT2D eigenvalue weighted by atomic mass is 16.6. The van der Waals surface area contributed by atoms with E-state index in [-0.39, 0.29) is 48.6 Å². The number of esters is 1. The van der Waals surface area contributed by atoms with Gasteiger partial charge in [0.2, 0.25) is 5.91 Å². The zero-order valence-electron chi connectivity index (χ0n) is 18.4. The van der Waals surface area contributed by atoms with E-state index >= 15 is 0 Å². The van der Waals surface area contributed by atoms with E-state index < -0.39 is 30.4 Å². The van der Waals surface area contributed by atoms with Gasteiger partial charge < -0.3 is 50.5 Å². The monoisotopic (exact) mass is 457 g/mol. The van der Waals surface area contributed by atoms with E-state index in [0.717, 1.165) is 6.42 Å². The van der Waals surface area contributed by atoms with E-state index in [2.05, 4.69) is 5.32 Å². The number of aliphatic hydroxyl groups is 3. The molecule has 12 nitrogen and oxygen atoms in total.